The van der Waals surface area contributed by atoms with Crippen LogP contribution in [0.4, 0.5) is 5.82 Å². The molecule has 0 saturated heterocycles. The second-order valence-electron chi connectivity index (χ2n) is 3.75. The fourth-order valence-corrected chi connectivity index (χ4v) is 1.29. The second kappa shape index (κ2) is 5.01. The molecule has 16 heavy (non-hydrogen) atoms. The van der Waals surface area contributed by atoms with Crippen LogP contribution in [-0.2, 0) is 4.79 Å². The lowest BCUT2D eigenvalue weighted by atomic mass is 9.85. The van der Waals surface area contributed by atoms with E-state index in [4.69, 9.17) is 15.7 Å². The zero-order valence-electron chi connectivity index (χ0n) is 9.45. The third-order valence-electron chi connectivity index (χ3n) is 2.16. The number of hydrogen-bond donors (Lipinski definition) is 1. The third-order valence-corrected chi connectivity index (χ3v) is 2.16. The average Bonchev–Trinajstić information content (AvgIpc) is 2.22. The summed E-state index contributed by atoms with van der Waals surface area (Å²) in [5.41, 5.74) is 1.64. The Morgan fingerprint density at radius 3 is 2.69 bits per heavy atom. The molecule has 0 spiro atoms. The van der Waals surface area contributed by atoms with Gasteiger partial charge in [-0.25, -0.2) is 4.98 Å². The molecule has 0 aliphatic heterocycles. The Morgan fingerprint density at radius 1 is 1.56 bits per heavy atom. The number of nitrogens with one attached hydrogen (secondary N) is 1. The summed E-state index contributed by atoms with van der Waals surface area (Å²) in [5.74, 6) is 0.140. The number of nitrogens with zero attached hydrogens (tertiary/aromatic N) is 1. The number of amides is 1. The summed E-state index contributed by atoms with van der Waals surface area (Å²) in [6.45, 7) is 7.33. The molecule has 0 unspecified atom stereocenters. The molecule has 1 rings (SSSR count). The van der Waals surface area contributed by atoms with Crippen molar-refractivity contribution >= 4 is 38.5 Å². The van der Waals surface area contributed by atoms with Crippen molar-refractivity contribution in [3.05, 3.63) is 24.3 Å². The van der Waals surface area contributed by atoms with E-state index < -0.39 is 0 Å². The molecule has 1 N–H and O–H groups in total. The lowest BCUT2D eigenvalue weighted by molar-refractivity contribution is -0.111. The summed E-state index contributed by atoms with van der Waals surface area (Å²) in [6.07, 6.45) is 1.15. The standard InChI is InChI=1S/C11H12B2N2O/c1-4-9(16)14-11-8(12)5-7(6(2)3)10(13)15-11/h4-6H,1H2,2-3H3,(H,14,15,16). The number of pyridine rings is 1. The van der Waals surface area contributed by atoms with Crippen molar-refractivity contribution in [2.45, 2.75) is 19.8 Å². The maximum absolute atomic E-state index is 11.1. The number of hydrogen-bond acceptors (Lipinski definition) is 2. The Morgan fingerprint density at radius 2 is 2.19 bits per heavy atom. The van der Waals surface area contributed by atoms with Gasteiger partial charge in [-0.05, 0) is 23.2 Å². The lowest BCUT2D eigenvalue weighted by Gasteiger charge is -2.14. The molecule has 5 heteroatoms. The topological polar surface area (TPSA) is 42.0 Å². The van der Waals surface area contributed by atoms with E-state index in [-0.39, 0.29) is 17.6 Å². The van der Waals surface area contributed by atoms with Crippen molar-refractivity contribution in [2.75, 3.05) is 5.32 Å². The molecule has 0 fully saturated rings. The first-order valence-corrected chi connectivity index (χ1v) is 4.95. The zero-order chi connectivity index (χ0) is 12.3. The van der Waals surface area contributed by atoms with Crippen molar-refractivity contribution in [2.24, 2.45) is 0 Å². The van der Waals surface area contributed by atoms with E-state index in [0.29, 0.717) is 11.1 Å². The number of aromatic nitrogens is 1. The maximum Gasteiger partial charge on any atom is 0.248 e. The first-order chi connectivity index (χ1) is 7.45. The van der Waals surface area contributed by atoms with Crippen molar-refractivity contribution < 1.29 is 4.79 Å². The summed E-state index contributed by atoms with van der Waals surface area (Å²) in [6, 6.07) is 1.73. The fraction of sp³-hybridized carbons (Fsp3) is 0.273. The van der Waals surface area contributed by atoms with E-state index >= 15 is 0 Å². The second-order valence-corrected chi connectivity index (χ2v) is 3.75. The normalized spacial score (nSPS) is 10.2. The average molecular weight is 210 g/mol. The van der Waals surface area contributed by atoms with Crippen molar-refractivity contribution in [3.8, 4) is 0 Å². The summed E-state index contributed by atoms with van der Waals surface area (Å²) >= 11 is 0. The van der Waals surface area contributed by atoms with Crippen LogP contribution in [0.25, 0.3) is 0 Å². The third kappa shape index (κ3) is 2.75. The van der Waals surface area contributed by atoms with Crippen LogP contribution >= 0.6 is 0 Å². The van der Waals surface area contributed by atoms with Gasteiger partial charge in [-0.3, -0.25) is 4.79 Å². The molecule has 0 atom stereocenters. The number of carbonyl (C=O) groups excluding carboxylic acids is 1. The molecule has 1 aromatic rings. The fourth-order valence-electron chi connectivity index (χ4n) is 1.29. The first kappa shape index (κ1) is 12.6. The molecule has 1 aromatic heterocycles. The molecule has 3 nitrogen and oxygen atoms in total. The summed E-state index contributed by atoms with van der Waals surface area (Å²) in [5, 5.41) is 2.49. The van der Waals surface area contributed by atoms with Gasteiger partial charge < -0.3 is 5.32 Å². The largest absolute Gasteiger partial charge is 0.308 e. The molecule has 0 aliphatic carbocycles. The number of carbonyl (C=O) groups is 1. The molecule has 1 heterocycles. The molecule has 0 saturated carbocycles. The minimum absolute atomic E-state index is 0.235. The molecule has 1 amide bonds. The highest BCUT2D eigenvalue weighted by Crippen LogP contribution is 2.10. The molecule has 78 valence electrons. The SMILES string of the molecule is [B]c1cc(C(C)C)c([B])nc1NC(=O)C=C. The molecular formula is C11H12B2N2O. The Bertz CT molecular complexity index is 430. The van der Waals surface area contributed by atoms with Gasteiger partial charge >= 0.3 is 0 Å². The van der Waals surface area contributed by atoms with Gasteiger partial charge in [0.25, 0.3) is 0 Å². The van der Waals surface area contributed by atoms with Crippen LogP contribution in [0.5, 0.6) is 0 Å². The minimum Gasteiger partial charge on any atom is -0.308 e. The van der Waals surface area contributed by atoms with Gasteiger partial charge in [-0.15, -0.1) is 0 Å². The van der Waals surface area contributed by atoms with E-state index in [1.807, 2.05) is 13.8 Å². The number of anilines is 1. The molecular weight excluding hydrogens is 198 g/mol. The molecule has 0 bridgehead atoms. The maximum atomic E-state index is 11.1. The van der Waals surface area contributed by atoms with Crippen LogP contribution in [-0.4, -0.2) is 26.6 Å². The predicted molar refractivity (Wildman–Crippen MR) is 67.9 cm³/mol. The van der Waals surface area contributed by atoms with Crippen LogP contribution in [0, 0.1) is 0 Å². The highest BCUT2D eigenvalue weighted by atomic mass is 16.1. The van der Waals surface area contributed by atoms with Crippen LogP contribution in [0.15, 0.2) is 18.7 Å². The quantitative estimate of drug-likeness (QED) is 0.559. The molecule has 4 radical (unpaired) electrons. The summed E-state index contributed by atoms with van der Waals surface area (Å²) in [7, 11) is 11.5. The first-order valence-electron chi connectivity index (χ1n) is 4.95. The summed E-state index contributed by atoms with van der Waals surface area (Å²) < 4.78 is 0. The van der Waals surface area contributed by atoms with Crippen molar-refractivity contribution in [1.29, 1.82) is 0 Å². The Hall–Kier alpha value is -1.51. The number of rotatable bonds is 3. The van der Waals surface area contributed by atoms with Crippen molar-refractivity contribution in [1.82, 2.24) is 4.98 Å². The van der Waals surface area contributed by atoms with E-state index in [1.54, 1.807) is 6.07 Å². The lowest BCUT2D eigenvalue weighted by Crippen LogP contribution is -2.27. The van der Waals surface area contributed by atoms with E-state index in [1.165, 1.54) is 0 Å². The zero-order valence-corrected chi connectivity index (χ0v) is 9.45. The van der Waals surface area contributed by atoms with Crippen molar-refractivity contribution in [3.63, 3.8) is 0 Å². The van der Waals surface area contributed by atoms with Gasteiger partial charge in [0, 0.05) is 0 Å². The smallest absolute Gasteiger partial charge is 0.248 e. The van der Waals surface area contributed by atoms with Gasteiger partial charge in [-0.1, -0.05) is 32.0 Å². The van der Waals surface area contributed by atoms with E-state index in [2.05, 4.69) is 16.9 Å². The minimum atomic E-state index is -0.365. The Labute approximate surface area is 98.2 Å². The van der Waals surface area contributed by atoms with Gasteiger partial charge in [0.05, 0.1) is 0 Å². The Kier molecular flexibility index (Phi) is 3.93. The van der Waals surface area contributed by atoms with Crippen LogP contribution in [0.1, 0.15) is 25.3 Å². The predicted octanol–water partition coefficient (Wildman–Crippen LogP) is -0.0829. The van der Waals surface area contributed by atoms with E-state index in [9.17, 15) is 4.79 Å². The van der Waals surface area contributed by atoms with Crippen LogP contribution in [0.3, 0.4) is 0 Å². The van der Waals surface area contributed by atoms with Crippen LogP contribution < -0.4 is 16.4 Å². The van der Waals surface area contributed by atoms with Gasteiger partial charge in [0.15, 0.2) is 0 Å². The van der Waals surface area contributed by atoms with Gasteiger partial charge in [0.2, 0.25) is 5.91 Å². The monoisotopic (exact) mass is 210 g/mol. The highest BCUT2D eigenvalue weighted by Gasteiger charge is 2.09. The van der Waals surface area contributed by atoms with E-state index in [0.717, 1.165) is 11.6 Å². The molecule has 0 aromatic carbocycles. The molecule has 0 aliphatic rings. The van der Waals surface area contributed by atoms with Crippen LogP contribution in [0.2, 0.25) is 0 Å². The Balaban J connectivity index is 3.10. The van der Waals surface area contributed by atoms with Gasteiger partial charge in [0.1, 0.15) is 21.5 Å². The summed E-state index contributed by atoms with van der Waals surface area (Å²) in [4.78, 5) is 15.2. The van der Waals surface area contributed by atoms with Gasteiger partial charge in [-0.2, -0.15) is 0 Å². The highest BCUT2D eigenvalue weighted by molar-refractivity contribution is 6.38.